The van der Waals surface area contributed by atoms with E-state index >= 15 is 0 Å². The highest BCUT2D eigenvalue weighted by Gasteiger charge is 2.13. The van der Waals surface area contributed by atoms with Crippen molar-refractivity contribution in [1.29, 1.82) is 0 Å². The summed E-state index contributed by atoms with van der Waals surface area (Å²) in [7, 11) is 0. The van der Waals surface area contributed by atoms with Gasteiger partial charge in [-0.1, -0.05) is 170 Å². The predicted molar refractivity (Wildman–Crippen MR) is 225 cm³/mol. The Labute approximate surface area is 309 Å². The van der Waals surface area contributed by atoms with Crippen molar-refractivity contribution in [2.45, 2.75) is 100 Å². The molecule has 0 N–H and O–H groups in total. The van der Waals surface area contributed by atoms with E-state index in [-0.39, 0.29) is 0 Å². The van der Waals surface area contributed by atoms with Gasteiger partial charge in [0.05, 0.1) is 0 Å². The standard InChI is InChI=1S/C26H30.C25H28/c1-5-19-9-13-23(14-10-19)25-17-22(8-4)26(18-21(25)7-3)24-15-11-20(6-2)12-16-24;1-5-19-8-12-22(13-9-19)24-17-21(7-3)25(16-18(24)4)23-14-10-20(6-2)11-15-23/h9-18H,5-8H2,1-4H3;8-17H,5-7H2,1-4H3. The molecule has 0 nitrogen and oxygen atoms in total. The van der Waals surface area contributed by atoms with E-state index in [2.05, 4.69) is 177 Å². The van der Waals surface area contributed by atoms with Gasteiger partial charge in [0, 0.05) is 0 Å². The molecule has 0 unspecified atom stereocenters. The van der Waals surface area contributed by atoms with E-state index in [1.807, 2.05) is 0 Å². The Hall–Kier alpha value is -4.68. The van der Waals surface area contributed by atoms with Crippen molar-refractivity contribution in [3.63, 3.8) is 0 Å². The monoisotopic (exact) mass is 670 g/mol. The molecule has 0 amide bonds. The molecule has 0 spiro atoms. The molecule has 0 radical (unpaired) electrons. The van der Waals surface area contributed by atoms with Crippen LogP contribution in [0, 0.1) is 6.92 Å². The van der Waals surface area contributed by atoms with Gasteiger partial charge in [0.2, 0.25) is 0 Å². The van der Waals surface area contributed by atoms with Crippen LogP contribution in [0.3, 0.4) is 0 Å². The van der Waals surface area contributed by atoms with Gasteiger partial charge in [-0.25, -0.2) is 0 Å². The minimum Gasteiger partial charge on any atom is -0.0613 e. The highest BCUT2D eigenvalue weighted by Crippen LogP contribution is 2.35. The Morgan fingerprint density at radius 1 is 0.275 bits per heavy atom. The largest absolute Gasteiger partial charge is 0.0613 e. The minimum absolute atomic E-state index is 1.05. The molecule has 0 fully saturated rings. The first-order valence-electron chi connectivity index (χ1n) is 19.5. The Kier molecular flexibility index (Phi) is 13.3. The van der Waals surface area contributed by atoms with E-state index in [0.29, 0.717) is 0 Å². The van der Waals surface area contributed by atoms with Gasteiger partial charge in [0.15, 0.2) is 0 Å². The van der Waals surface area contributed by atoms with E-state index < -0.39 is 0 Å². The molecule has 0 heteroatoms. The number of benzene rings is 6. The summed E-state index contributed by atoms with van der Waals surface area (Å²) in [5.74, 6) is 0. The zero-order valence-corrected chi connectivity index (χ0v) is 32.5. The molecule has 0 bridgehead atoms. The van der Waals surface area contributed by atoms with Crippen LogP contribution >= 0.6 is 0 Å². The number of aryl methyl sites for hydroxylation is 8. The molecule has 0 aromatic heterocycles. The summed E-state index contributed by atoms with van der Waals surface area (Å²) in [5, 5.41) is 0. The van der Waals surface area contributed by atoms with Crippen molar-refractivity contribution in [3.05, 3.63) is 166 Å². The fourth-order valence-electron chi connectivity index (χ4n) is 7.12. The van der Waals surface area contributed by atoms with Crippen LogP contribution in [-0.2, 0) is 44.9 Å². The Bertz CT molecular complexity index is 1910. The lowest BCUT2D eigenvalue weighted by Gasteiger charge is -2.16. The number of hydrogen-bond acceptors (Lipinski definition) is 0. The first-order chi connectivity index (χ1) is 24.8. The van der Waals surface area contributed by atoms with E-state index in [9.17, 15) is 0 Å². The number of rotatable bonds is 11. The number of hydrogen-bond donors (Lipinski definition) is 0. The predicted octanol–water partition coefficient (Wildman–Crippen LogP) is 14.3. The van der Waals surface area contributed by atoms with Crippen LogP contribution in [0.1, 0.15) is 93.0 Å². The quantitative estimate of drug-likeness (QED) is 0.129. The Balaban J connectivity index is 0.000000198. The second kappa shape index (κ2) is 18.0. The molecule has 6 aromatic rings. The average molecular weight is 671 g/mol. The third kappa shape index (κ3) is 8.98. The normalized spacial score (nSPS) is 10.9. The SMILES string of the molecule is CCc1ccc(-c2cc(CC)c(-c3ccc(CC)cc3)cc2C)cc1.CCc1ccc(-c2cc(CC)c(-c3ccc(CC)cc3)cc2CC)cc1. The average Bonchev–Trinajstić information content (AvgIpc) is 3.20. The fourth-order valence-corrected chi connectivity index (χ4v) is 7.12. The lowest BCUT2D eigenvalue weighted by molar-refractivity contribution is 1.10. The van der Waals surface area contributed by atoms with Gasteiger partial charge in [-0.15, -0.1) is 0 Å². The summed E-state index contributed by atoms with van der Waals surface area (Å²) in [6.07, 6.45) is 7.51. The summed E-state index contributed by atoms with van der Waals surface area (Å²) >= 11 is 0. The zero-order valence-electron chi connectivity index (χ0n) is 32.5. The van der Waals surface area contributed by atoms with Gasteiger partial charge in [0.1, 0.15) is 0 Å². The van der Waals surface area contributed by atoms with E-state index in [1.165, 1.54) is 89.0 Å². The van der Waals surface area contributed by atoms with E-state index in [0.717, 1.165) is 44.9 Å². The van der Waals surface area contributed by atoms with E-state index in [1.54, 1.807) is 0 Å². The molecule has 0 saturated heterocycles. The second-order valence-electron chi connectivity index (χ2n) is 13.8. The molecular formula is C51H58. The Morgan fingerprint density at radius 3 is 0.765 bits per heavy atom. The smallest absolute Gasteiger partial charge is 0.0149 e. The van der Waals surface area contributed by atoms with Gasteiger partial charge in [-0.05, 0) is 141 Å². The molecule has 0 aliphatic heterocycles. The summed E-state index contributed by atoms with van der Waals surface area (Å²) in [4.78, 5) is 0. The molecule has 6 rings (SSSR count). The topological polar surface area (TPSA) is 0 Å². The van der Waals surface area contributed by atoms with Gasteiger partial charge in [0.25, 0.3) is 0 Å². The molecule has 0 aliphatic rings. The summed E-state index contributed by atoms with van der Waals surface area (Å²) in [5.41, 5.74) is 22.0. The van der Waals surface area contributed by atoms with Gasteiger partial charge in [-0.3, -0.25) is 0 Å². The maximum atomic E-state index is 2.42. The van der Waals surface area contributed by atoms with Crippen LogP contribution in [0.5, 0.6) is 0 Å². The zero-order chi connectivity index (χ0) is 36.3. The molecule has 0 heterocycles. The van der Waals surface area contributed by atoms with Crippen molar-refractivity contribution in [2.75, 3.05) is 0 Å². The van der Waals surface area contributed by atoms with Crippen molar-refractivity contribution in [1.82, 2.24) is 0 Å². The van der Waals surface area contributed by atoms with Crippen molar-refractivity contribution >= 4 is 0 Å². The Morgan fingerprint density at radius 2 is 0.510 bits per heavy atom. The van der Waals surface area contributed by atoms with Crippen molar-refractivity contribution in [3.8, 4) is 44.5 Å². The maximum absolute atomic E-state index is 2.42. The third-order valence-electron chi connectivity index (χ3n) is 10.6. The third-order valence-corrected chi connectivity index (χ3v) is 10.6. The van der Waals surface area contributed by atoms with Crippen molar-refractivity contribution < 1.29 is 0 Å². The summed E-state index contributed by atoms with van der Waals surface area (Å²) in [6, 6.07) is 45.8. The van der Waals surface area contributed by atoms with Crippen LogP contribution in [0.2, 0.25) is 0 Å². The lowest BCUT2D eigenvalue weighted by Crippen LogP contribution is -1.96. The highest BCUT2D eigenvalue weighted by molar-refractivity contribution is 5.78. The maximum Gasteiger partial charge on any atom is -0.0149 e. The first kappa shape index (κ1) is 37.6. The molecular weight excluding hydrogens is 613 g/mol. The van der Waals surface area contributed by atoms with Crippen LogP contribution < -0.4 is 0 Å². The molecule has 0 saturated carbocycles. The van der Waals surface area contributed by atoms with E-state index in [4.69, 9.17) is 0 Å². The van der Waals surface area contributed by atoms with Gasteiger partial charge >= 0.3 is 0 Å². The second-order valence-corrected chi connectivity index (χ2v) is 13.8. The molecule has 6 aromatic carbocycles. The molecule has 262 valence electrons. The first-order valence-corrected chi connectivity index (χ1v) is 19.5. The van der Waals surface area contributed by atoms with Crippen molar-refractivity contribution in [2.24, 2.45) is 0 Å². The molecule has 51 heavy (non-hydrogen) atoms. The fraction of sp³-hybridized carbons (Fsp3) is 0.294. The minimum atomic E-state index is 1.05. The van der Waals surface area contributed by atoms with Crippen LogP contribution in [0.4, 0.5) is 0 Å². The van der Waals surface area contributed by atoms with Gasteiger partial charge in [-0.2, -0.15) is 0 Å². The molecule has 0 aliphatic carbocycles. The van der Waals surface area contributed by atoms with Crippen LogP contribution in [0.15, 0.2) is 121 Å². The summed E-state index contributed by atoms with van der Waals surface area (Å²) in [6.45, 7) is 17.8. The highest BCUT2D eigenvalue weighted by atomic mass is 14.2. The molecule has 0 atom stereocenters. The van der Waals surface area contributed by atoms with Gasteiger partial charge < -0.3 is 0 Å². The van der Waals surface area contributed by atoms with Crippen LogP contribution in [0.25, 0.3) is 44.5 Å². The summed E-state index contributed by atoms with van der Waals surface area (Å²) < 4.78 is 0. The lowest BCUT2D eigenvalue weighted by atomic mass is 9.88. The van der Waals surface area contributed by atoms with Crippen LogP contribution in [-0.4, -0.2) is 0 Å².